The van der Waals surface area contributed by atoms with Crippen molar-refractivity contribution in [2.24, 2.45) is 13.0 Å². The summed E-state index contributed by atoms with van der Waals surface area (Å²) in [5.74, 6) is -0.769. The Morgan fingerprint density at radius 3 is 2.64 bits per heavy atom. The van der Waals surface area contributed by atoms with E-state index in [2.05, 4.69) is 10.3 Å². The number of nitrogens with zero attached hydrogens (tertiary/aromatic N) is 2. The first-order chi connectivity index (χ1) is 11.8. The number of hydrogen-bond acceptors (Lipinski definition) is 5. The van der Waals surface area contributed by atoms with E-state index in [0.29, 0.717) is 18.8 Å². The molecule has 9 nitrogen and oxygen atoms in total. The minimum Gasteiger partial charge on any atom is -0.480 e. The van der Waals surface area contributed by atoms with E-state index >= 15 is 0 Å². The third-order valence-corrected chi connectivity index (χ3v) is 4.85. The van der Waals surface area contributed by atoms with Crippen molar-refractivity contribution < 1.29 is 14.7 Å². The van der Waals surface area contributed by atoms with E-state index < -0.39 is 23.1 Å². The number of amides is 1. The summed E-state index contributed by atoms with van der Waals surface area (Å²) >= 11 is 0. The highest BCUT2D eigenvalue weighted by molar-refractivity contribution is 5.93. The Morgan fingerprint density at radius 1 is 1.36 bits per heavy atom. The number of hydrogen-bond donors (Lipinski definition) is 3. The molecule has 0 bridgehead atoms. The van der Waals surface area contributed by atoms with Gasteiger partial charge in [-0.25, -0.2) is 4.79 Å². The van der Waals surface area contributed by atoms with Gasteiger partial charge in [0.05, 0.1) is 6.54 Å². The summed E-state index contributed by atoms with van der Waals surface area (Å²) < 4.78 is 1.14. The third-order valence-electron chi connectivity index (χ3n) is 4.85. The molecule has 2 aliphatic carbocycles. The molecule has 3 N–H and O–H groups in total. The van der Waals surface area contributed by atoms with Gasteiger partial charge in [0, 0.05) is 31.9 Å². The Labute approximate surface area is 143 Å². The second-order valence-corrected chi connectivity index (χ2v) is 6.98. The lowest BCUT2D eigenvalue weighted by Gasteiger charge is -2.42. The number of aromatic amines is 1. The van der Waals surface area contributed by atoms with Gasteiger partial charge in [0.15, 0.2) is 0 Å². The lowest BCUT2D eigenvalue weighted by atomic mass is 9.85. The molecule has 0 unspecified atom stereocenters. The standard InChI is InChI=1S/C16H22N4O5/c1-19-7-12(15(24)18-16(19)25)14(23)17-10-4-11(5-10)20(8-13(21)22)6-9-2-3-9/h7,9-11H,2-6,8H2,1H3,(H,17,23)(H,21,22)(H,18,24,25). The van der Waals surface area contributed by atoms with Crippen molar-refractivity contribution in [1.82, 2.24) is 19.8 Å². The lowest BCUT2D eigenvalue weighted by Crippen LogP contribution is -2.55. The lowest BCUT2D eigenvalue weighted by molar-refractivity contribution is -0.139. The minimum atomic E-state index is -0.843. The first kappa shape index (κ1) is 17.4. The van der Waals surface area contributed by atoms with Crippen LogP contribution in [0.25, 0.3) is 0 Å². The van der Waals surface area contributed by atoms with E-state index in [4.69, 9.17) is 5.11 Å². The molecule has 0 atom stereocenters. The van der Waals surface area contributed by atoms with Gasteiger partial charge in [-0.2, -0.15) is 0 Å². The van der Waals surface area contributed by atoms with Crippen LogP contribution in [-0.4, -0.2) is 56.6 Å². The maximum absolute atomic E-state index is 12.2. The molecule has 1 aromatic heterocycles. The summed E-state index contributed by atoms with van der Waals surface area (Å²) in [7, 11) is 1.45. The van der Waals surface area contributed by atoms with Crippen LogP contribution in [0.15, 0.2) is 15.8 Å². The summed E-state index contributed by atoms with van der Waals surface area (Å²) in [5.41, 5.74) is -1.39. The van der Waals surface area contributed by atoms with Crippen molar-refractivity contribution >= 4 is 11.9 Å². The maximum atomic E-state index is 12.2. The fourth-order valence-electron chi connectivity index (χ4n) is 3.14. The molecule has 136 valence electrons. The molecule has 0 aromatic carbocycles. The molecule has 1 amide bonds. The van der Waals surface area contributed by atoms with Gasteiger partial charge in [-0.1, -0.05) is 0 Å². The predicted octanol–water partition coefficient (Wildman–Crippen LogP) is -0.869. The number of carbonyl (C=O) groups is 2. The molecular formula is C16H22N4O5. The van der Waals surface area contributed by atoms with Crippen LogP contribution in [0.5, 0.6) is 0 Å². The zero-order valence-corrected chi connectivity index (χ0v) is 14.0. The van der Waals surface area contributed by atoms with Crippen molar-refractivity contribution in [3.63, 3.8) is 0 Å². The largest absolute Gasteiger partial charge is 0.480 e. The first-order valence-corrected chi connectivity index (χ1v) is 8.40. The van der Waals surface area contributed by atoms with E-state index in [1.54, 1.807) is 0 Å². The van der Waals surface area contributed by atoms with Crippen molar-refractivity contribution in [2.75, 3.05) is 13.1 Å². The molecule has 1 heterocycles. The van der Waals surface area contributed by atoms with Crippen molar-refractivity contribution in [2.45, 2.75) is 37.8 Å². The average Bonchev–Trinajstić information content (AvgIpc) is 3.29. The predicted molar refractivity (Wildman–Crippen MR) is 88.5 cm³/mol. The van der Waals surface area contributed by atoms with Crippen molar-refractivity contribution in [3.8, 4) is 0 Å². The monoisotopic (exact) mass is 350 g/mol. The van der Waals surface area contributed by atoms with Crippen LogP contribution in [0.1, 0.15) is 36.0 Å². The number of carboxylic acids is 1. The number of aromatic nitrogens is 2. The molecule has 0 saturated heterocycles. The zero-order chi connectivity index (χ0) is 18.1. The van der Waals surface area contributed by atoms with Gasteiger partial charge in [-0.15, -0.1) is 0 Å². The molecule has 3 rings (SSSR count). The Balaban J connectivity index is 1.56. The highest BCUT2D eigenvalue weighted by atomic mass is 16.4. The number of carbonyl (C=O) groups excluding carboxylic acids is 1. The van der Waals surface area contributed by atoms with Crippen LogP contribution in [0, 0.1) is 5.92 Å². The van der Waals surface area contributed by atoms with Crippen molar-refractivity contribution in [1.29, 1.82) is 0 Å². The van der Waals surface area contributed by atoms with Gasteiger partial charge in [0.2, 0.25) is 0 Å². The van der Waals surface area contributed by atoms with Crippen molar-refractivity contribution in [3.05, 3.63) is 32.6 Å². The second kappa shape index (κ2) is 6.83. The van der Waals surface area contributed by atoms with Gasteiger partial charge in [-0.05, 0) is 31.6 Å². The van der Waals surface area contributed by atoms with E-state index in [1.165, 1.54) is 13.2 Å². The fourth-order valence-corrected chi connectivity index (χ4v) is 3.14. The van der Waals surface area contributed by atoms with Gasteiger partial charge in [0.1, 0.15) is 5.56 Å². The van der Waals surface area contributed by atoms with E-state index in [0.717, 1.165) is 24.0 Å². The smallest absolute Gasteiger partial charge is 0.328 e. The Bertz CT molecular complexity index is 788. The molecule has 0 aliphatic heterocycles. The van der Waals surface area contributed by atoms with Crippen LogP contribution < -0.4 is 16.6 Å². The van der Waals surface area contributed by atoms with Gasteiger partial charge < -0.3 is 15.0 Å². The van der Waals surface area contributed by atoms with Gasteiger partial charge >= 0.3 is 11.7 Å². The number of carboxylic acid groups (broad SMARTS) is 1. The SMILES string of the molecule is Cn1cc(C(=O)NC2CC(N(CC(=O)O)CC3CC3)C2)c(=O)[nH]c1=O. The van der Waals surface area contributed by atoms with Gasteiger partial charge in [-0.3, -0.25) is 24.3 Å². The summed E-state index contributed by atoms with van der Waals surface area (Å²) in [4.78, 5) is 50.4. The summed E-state index contributed by atoms with van der Waals surface area (Å²) in [6.45, 7) is 0.806. The Kier molecular flexibility index (Phi) is 4.76. The summed E-state index contributed by atoms with van der Waals surface area (Å²) in [5, 5.41) is 11.8. The number of aliphatic carboxylic acids is 1. The molecule has 0 spiro atoms. The molecule has 2 saturated carbocycles. The fraction of sp³-hybridized carbons (Fsp3) is 0.625. The molecule has 2 aliphatic rings. The number of aryl methyl sites for hydroxylation is 1. The molecule has 0 radical (unpaired) electrons. The normalized spacial score (nSPS) is 22.5. The minimum absolute atomic E-state index is 0.0162. The second-order valence-electron chi connectivity index (χ2n) is 6.98. The van der Waals surface area contributed by atoms with Crippen LogP contribution in [0.2, 0.25) is 0 Å². The average molecular weight is 350 g/mol. The number of H-pyrrole nitrogens is 1. The highest BCUT2D eigenvalue weighted by Gasteiger charge is 2.38. The zero-order valence-electron chi connectivity index (χ0n) is 14.0. The molecule has 2 fully saturated rings. The van der Waals surface area contributed by atoms with E-state index in [-0.39, 0.29) is 24.2 Å². The Morgan fingerprint density at radius 2 is 2.04 bits per heavy atom. The molecular weight excluding hydrogens is 328 g/mol. The van der Waals surface area contributed by atoms with Crippen LogP contribution >= 0.6 is 0 Å². The topological polar surface area (TPSA) is 124 Å². The third kappa shape index (κ3) is 4.16. The van der Waals surface area contributed by atoms with Crippen LogP contribution in [0.3, 0.4) is 0 Å². The van der Waals surface area contributed by atoms with E-state index in [1.807, 2.05) is 4.90 Å². The summed E-state index contributed by atoms with van der Waals surface area (Å²) in [6, 6.07) is 0.0463. The molecule has 25 heavy (non-hydrogen) atoms. The van der Waals surface area contributed by atoms with Crippen LogP contribution in [-0.2, 0) is 11.8 Å². The molecule has 9 heteroatoms. The summed E-state index contributed by atoms with van der Waals surface area (Å²) in [6.07, 6.45) is 4.85. The first-order valence-electron chi connectivity index (χ1n) is 8.40. The van der Waals surface area contributed by atoms with Gasteiger partial charge in [0.25, 0.3) is 11.5 Å². The molecule has 1 aromatic rings. The Hall–Kier alpha value is -2.42. The number of nitrogens with one attached hydrogen (secondary N) is 2. The maximum Gasteiger partial charge on any atom is 0.328 e. The van der Waals surface area contributed by atoms with E-state index in [9.17, 15) is 19.2 Å². The van der Waals surface area contributed by atoms with Crippen LogP contribution in [0.4, 0.5) is 0 Å². The highest BCUT2D eigenvalue weighted by Crippen LogP contribution is 2.33. The quantitative estimate of drug-likeness (QED) is 0.587. The number of rotatable bonds is 7.